The highest BCUT2D eigenvalue weighted by atomic mass is 31.1. The molecule has 4 atom stereocenters. The SMILES string of the molecule is Cc1ncnc2c1cnn2C[C@H]1OC(COC[P+](=O)O)C[C@H]1O. The van der Waals surface area contributed by atoms with Gasteiger partial charge < -0.3 is 14.6 Å². The maximum Gasteiger partial charge on any atom is 0.534 e. The smallest absolute Gasteiger partial charge is 0.390 e. The lowest BCUT2D eigenvalue weighted by atomic mass is 10.1. The van der Waals surface area contributed by atoms with Gasteiger partial charge in [-0.15, -0.1) is 0 Å². The van der Waals surface area contributed by atoms with E-state index in [9.17, 15) is 9.67 Å². The van der Waals surface area contributed by atoms with E-state index in [-0.39, 0.29) is 19.1 Å². The molecule has 0 spiro atoms. The highest BCUT2D eigenvalue weighted by molar-refractivity contribution is 7.37. The van der Waals surface area contributed by atoms with E-state index in [0.29, 0.717) is 18.6 Å². The second kappa shape index (κ2) is 6.94. The van der Waals surface area contributed by atoms with Gasteiger partial charge in [0.1, 0.15) is 12.4 Å². The van der Waals surface area contributed by atoms with Crippen molar-refractivity contribution >= 4 is 19.1 Å². The van der Waals surface area contributed by atoms with Gasteiger partial charge in [0.2, 0.25) is 0 Å². The van der Waals surface area contributed by atoms with E-state index < -0.39 is 20.2 Å². The van der Waals surface area contributed by atoms with Crippen molar-refractivity contribution in [1.29, 1.82) is 0 Å². The van der Waals surface area contributed by atoms with Crippen LogP contribution >= 0.6 is 8.03 Å². The minimum atomic E-state index is -2.32. The largest absolute Gasteiger partial charge is 0.534 e. The first kappa shape index (κ1) is 16.4. The van der Waals surface area contributed by atoms with Crippen LogP contribution in [-0.4, -0.2) is 61.0 Å². The predicted octanol–water partition coefficient (Wildman–Crippen LogP) is 0.362. The zero-order valence-electron chi connectivity index (χ0n) is 12.6. The summed E-state index contributed by atoms with van der Waals surface area (Å²) in [7, 11) is -2.32. The molecule has 1 aliphatic heterocycles. The molecule has 3 heterocycles. The van der Waals surface area contributed by atoms with E-state index in [0.717, 1.165) is 11.1 Å². The molecule has 1 aliphatic rings. The zero-order chi connectivity index (χ0) is 16.4. The van der Waals surface area contributed by atoms with Crippen molar-refractivity contribution in [1.82, 2.24) is 19.7 Å². The maximum absolute atomic E-state index is 10.6. The second-order valence-corrected chi connectivity index (χ2v) is 6.44. The van der Waals surface area contributed by atoms with E-state index in [4.69, 9.17) is 14.4 Å². The standard InChI is InChI=1S/C13H17N4O5P/c1-8-10-3-16-17(13(10)15-6-14-8)4-12-11(18)2-9(22-12)5-21-7-23(19)20/h3,6,9,11-12,18H,2,4-5,7H2,1H3/p+1/t9?,11-,12-/m1/s1. The highest BCUT2D eigenvalue weighted by Gasteiger charge is 2.35. The minimum Gasteiger partial charge on any atom is -0.390 e. The average Bonchev–Trinajstić information content (AvgIpc) is 3.05. The summed E-state index contributed by atoms with van der Waals surface area (Å²) in [6, 6.07) is 0. The Morgan fingerprint density at radius 1 is 1.52 bits per heavy atom. The fourth-order valence-corrected chi connectivity index (χ4v) is 2.92. The van der Waals surface area contributed by atoms with Gasteiger partial charge in [-0.05, 0) is 11.5 Å². The molecule has 1 fully saturated rings. The number of fused-ring (bicyclic) bond motifs is 1. The Hall–Kier alpha value is -1.51. The molecule has 3 rings (SSSR count). The predicted molar refractivity (Wildman–Crippen MR) is 80.0 cm³/mol. The molecular formula is C13H18N4O5P+. The van der Waals surface area contributed by atoms with Gasteiger partial charge in [-0.25, -0.2) is 14.6 Å². The van der Waals surface area contributed by atoms with Crippen molar-refractivity contribution in [2.24, 2.45) is 0 Å². The molecule has 0 bridgehead atoms. The summed E-state index contributed by atoms with van der Waals surface area (Å²) < 4.78 is 23.1. The fraction of sp³-hybridized carbons (Fsp3) is 0.615. The molecule has 2 aromatic heterocycles. The number of rotatable bonds is 6. The van der Waals surface area contributed by atoms with E-state index >= 15 is 0 Å². The van der Waals surface area contributed by atoms with Crippen LogP contribution in [0.5, 0.6) is 0 Å². The van der Waals surface area contributed by atoms with Gasteiger partial charge in [0.15, 0.2) is 5.65 Å². The van der Waals surface area contributed by atoms with E-state index in [1.54, 1.807) is 10.9 Å². The highest BCUT2D eigenvalue weighted by Crippen LogP contribution is 2.24. The van der Waals surface area contributed by atoms with E-state index in [2.05, 4.69) is 15.1 Å². The van der Waals surface area contributed by atoms with Crippen LogP contribution in [0.1, 0.15) is 12.1 Å². The number of hydrogen-bond donors (Lipinski definition) is 2. The minimum absolute atomic E-state index is 0.177. The average molecular weight is 341 g/mol. The van der Waals surface area contributed by atoms with Crippen LogP contribution in [0, 0.1) is 6.92 Å². The van der Waals surface area contributed by atoms with Crippen LogP contribution in [-0.2, 0) is 20.6 Å². The van der Waals surface area contributed by atoms with Crippen LogP contribution in [0.4, 0.5) is 0 Å². The summed E-state index contributed by atoms with van der Waals surface area (Å²) in [5.41, 5.74) is 1.55. The Bertz CT molecular complexity index is 709. The number of aliphatic hydroxyl groups excluding tert-OH is 1. The molecule has 2 N–H and O–H groups in total. The first-order valence-corrected chi connectivity index (χ1v) is 8.62. The van der Waals surface area contributed by atoms with Crippen molar-refractivity contribution in [3.05, 3.63) is 18.2 Å². The molecule has 0 aliphatic carbocycles. The van der Waals surface area contributed by atoms with Gasteiger partial charge in [-0.1, -0.05) is 0 Å². The molecule has 10 heteroatoms. The fourth-order valence-electron chi connectivity index (χ4n) is 2.66. The third kappa shape index (κ3) is 3.70. The Balaban J connectivity index is 1.63. The summed E-state index contributed by atoms with van der Waals surface area (Å²) in [6.45, 7) is 2.43. The third-order valence-corrected chi connectivity index (χ3v) is 4.20. The second-order valence-electron chi connectivity index (χ2n) is 5.47. The van der Waals surface area contributed by atoms with E-state index in [1.807, 2.05) is 6.92 Å². The number of hydrogen-bond acceptors (Lipinski definition) is 7. The van der Waals surface area contributed by atoms with Crippen molar-refractivity contribution in [2.75, 3.05) is 13.0 Å². The molecule has 0 saturated carbocycles. The van der Waals surface area contributed by atoms with Crippen LogP contribution in [0.25, 0.3) is 11.0 Å². The third-order valence-electron chi connectivity index (χ3n) is 3.79. The molecule has 23 heavy (non-hydrogen) atoms. The molecule has 9 nitrogen and oxygen atoms in total. The summed E-state index contributed by atoms with van der Waals surface area (Å²) in [4.78, 5) is 17.0. The summed E-state index contributed by atoms with van der Waals surface area (Å²) in [6.07, 6.45) is 2.00. The van der Waals surface area contributed by atoms with Crippen molar-refractivity contribution in [3.8, 4) is 0 Å². The Kier molecular flexibility index (Phi) is 4.93. The Morgan fingerprint density at radius 2 is 2.35 bits per heavy atom. The van der Waals surface area contributed by atoms with Crippen LogP contribution < -0.4 is 0 Å². The molecule has 0 radical (unpaired) electrons. The van der Waals surface area contributed by atoms with Gasteiger partial charge in [0, 0.05) is 6.42 Å². The Morgan fingerprint density at radius 3 is 3.13 bits per heavy atom. The quantitative estimate of drug-likeness (QED) is 0.723. The molecule has 2 unspecified atom stereocenters. The summed E-state index contributed by atoms with van der Waals surface area (Å²) in [5.74, 6) is 0. The summed E-state index contributed by atoms with van der Waals surface area (Å²) in [5, 5.41) is 15.3. The molecule has 2 aromatic rings. The summed E-state index contributed by atoms with van der Waals surface area (Å²) >= 11 is 0. The molecule has 0 aromatic carbocycles. The number of aliphatic hydroxyl groups is 1. The topological polar surface area (TPSA) is 120 Å². The Labute approximate surface area is 133 Å². The van der Waals surface area contributed by atoms with Gasteiger partial charge in [-0.3, -0.25) is 0 Å². The number of aromatic nitrogens is 4. The van der Waals surface area contributed by atoms with Crippen molar-refractivity contribution in [3.63, 3.8) is 0 Å². The number of ether oxygens (including phenoxy) is 2. The lowest BCUT2D eigenvalue weighted by Crippen LogP contribution is -2.27. The number of aryl methyl sites for hydroxylation is 1. The van der Waals surface area contributed by atoms with Gasteiger partial charge in [-0.2, -0.15) is 9.99 Å². The first-order chi connectivity index (χ1) is 11.0. The normalized spacial score (nSPS) is 25.2. The zero-order valence-corrected chi connectivity index (χ0v) is 13.5. The monoisotopic (exact) mass is 341 g/mol. The van der Waals surface area contributed by atoms with Crippen LogP contribution in [0.3, 0.4) is 0 Å². The van der Waals surface area contributed by atoms with Gasteiger partial charge in [0.25, 0.3) is 6.35 Å². The molecular weight excluding hydrogens is 323 g/mol. The van der Waals surface area contributed by atoms with Crippen molar-refractivity contribution < 1.29 is 24.0 Å². The van der Waals surface area contributed by atoms with Gasteiger partial charge in [0.05, 0.1) is 42.6 Å². The lowest BCUT2D eigenvalue weighted by Gasteiger charge is -2.15. The lowest BCUT2D eigenvalue weighted by molar-refractivity contribution is -0.0288. The maximum atomic E-state index is 10.6. The number of nitrogens with zero attached hydrogens (tertiary/aromatic N) is 4. The van der Waals surface area contributed by atoms with Crippen LogP contribution in [0.2, 0.25) is 0 Å². The van der Waals surface area contributed by atoms with E-state index in [1.165, 1.54) is 6.33 Å². The molecule has 1 saturated heterocycles. The molecule has 124 valence electrons. The first-order valence-electron chi connectivity index (χ1n) is 7.22. The van der Waals surface area contributed by atoms with Crippen molar-refractivity contribution in [2.45, 2.75) is 38.2 Å². The molecule has 0 amide bonds. The van der Waals surface area contributed by atoms with Gasteiger partial charge >= 0.3 is 8.03 Å². The van der Waals surface area contributed by atoms with Crippen LogP contribution in [0.15, 0.2) is 12.5 Å².